The second kappa shape index (κ2) is 5.98. The van der Waals surface area contributed by atoms with E-state index in [-0.39, 0.29) is 17.9 Å². The summed E-state index contributed by atoms with van der Waals surface area (Å²) in [5, 5.41) is 13.6. The highest BCUT2D eigenvalue weighted by atomic mass is 16.5. The molecule has 1 aromatic rings. The van der Waals surface area contributed by atoms with E-state index in [0.717, 1.165) is 18.4 Å². The van der Waals surface area contributed by atoms with Crippen LogP contribution in [0.3, 0.4) is 0 Å². The number of amides is 1. The summed E-state index contributed by atoms with van der Waals surface area (Å²) >= 11 is 0. The number of rotatable bonds is 3. The third-order valence-corrected chi connectivity index (χ3v) is 3.51. The zero-order chi connectivity index (χ0) is 13.0. The average Bonchev–Trinajstić information content (AvgIpc) is 2.41. The maximum absolute atomic E-state index is 12.1. The molecule has 1 heterocycles. The van der Waals surface area contributed by atoms with Gasteiger partial charge in [-0.15, -0.1) is 0 Å². The molecule has 4 heteroatoms. The number of hydrogen-bond acceptors (Lipinski definition) is 3. The predicted octanol–water partition coefficient (Wildman–Crippen LogP) is 1.76. The fourth-order valence-electron chi connectivity index (χ4n) is 2.23. The van der Waals surface area contributed by atoms with Crippen LogP contribution < -0.4 is 5.32 Å². The van der Waals surface area contributed by atoms with Crippen molar-refractivity contribution in [2.45, 2.75) is 31.7 Å². The summed E-state index contributed by atoms with van der Waals surface area (Å²) < 4.78 is 0. The minimum Gasteiger partial charge on any atom is -0.353 e. The molecule has 1 amide bonds. The Bertz CT molecular complexity index is 386. The van der Waals surface area contributed by atoms with Crippen molar-refractivity contribution in [3.8, 4) is 0 Å². The van der Waals surface area contributed by atoms with Gasteiger partial charge in [0.15, 0.2) is 0 Å². The van der Waals surface area contributed by atoms with Gasteiger partial charge in [0.1, 0.15) is 0 Å². The molecule has 0 aliphatic carbocycles. The minimum atomic E-state index is -0.127. The van der Waals surface area contributed by atoms with Crippen molar-refractivity contribution in [2.75, 3.05) is 13.1 Å². The number of piperidine rings is 1. The molecule has 18 heavy (non-hydrogen) atoms. The molecule has 1 fully saturated rings. The summed E-state index contributed by atoms with van der Waals surface area (Å²) in [4.78, 5) is 12.1. The van der Waals surface area contributed by atoms with E-state index in [9.17, 15) is 10.0 Å². The molecular formula is C14H20N2O2. The Kier molecular flexibility index (Phi) is 4.33. The van der Waals surface area contributed by atoms with Gasteiger partial charge in [-0.1, -0.05) is 30.3 Å². The van der Waals surface area contributed by atoms with Crippen molar-refractivity contribution in [3.63, 3.8) is 0 Å². The van der Waals surface area contributed by atoms with E-state index in [1.54, 1.807) is 0 Å². The van der Waals surface area contributed by atoms with Crippen LogP contribution in [0.4, 0.5) is 0 Å². The number of carbonyl (C=O) groups excluding carboxylic acids is 1. The third kappa shape index (κ3) is 3.31. The fraction of sp³-hybridized carbons (Fsp3) is 0.500. The molecule has 0 saturated carbocycles. The number of hydroxylamine groups is 2. The second-order valence-corrected chi connectivity index (χ2v) is 4.87. The lowest BCUT2D eigenvalue weighted by Gasteiger charge is -2.29. The van der Waals surface area contributed by atoms with Crippen LogP contribution in [0.1, 0.15) is 31.2 Å². The van der Waals surface area contributed by atoms with Crippen molar-refractivity contribution in [2.24, 2.45) is 0 Å². The van der Waals surface area contributed by atoms with Crippen molar-refractivity contribution >= 4 is 5.91 Å². The SMILES string of the molecule is CC(C(=O)NC1CCN(O)CC1)c1ccccc1. The maximum Gasteiger partial charge on any atom is 0.227 e. The first-order chi connectivity index (χ1) is 8.66. The van der Waals surface area contributed by atoms with Crippen molar-refractivity contribution in [1.82, 2.24) is 10.4 Å². The first kappa shape index (κ1) is 13.1. The van der Waals surface area contributed by atoms with Gasteiger partial charge in [-0.25, -0.2) is 0 Å². The Morgan fingerprint density at radius 1 is 1.33 bits per heavy atom. The topological polar surface area (TPSA) is 52.6 Å². The van der Waals surface area contributed by atoms with Crippen LogP contribution in [0.2, 0.25) is 0 Å². The average molecular weight is 248 g/mol. The lowest BCUT2D eigenvalue weighted by molar-refractivity contribution is -0.127. The first-order valence-electron chi connectivity index (χ1n) is 6.46. The standard InChI is InChI=1S/C14H20N2O2/c1-11(12-5-3-2-4-6-12)14(17)15-13-7-9-16(18)10-8-13/h2-6,11,13,18H,7-10H2,1H3,(H,15,17). The summed E-state index contributed by atoms with van der Waals surface area (Å²) in [5.74, 6) is -0.0593. The molecule has 1 saturated heterocycles. The minimum absolute atomic E-state index is 0.0672. The van der Waals surface area contributed by atoms with E-state index in [1.165, 1.54) is 5.06 Å². The Hall–Kier alpha value is -1.39. The molecule has 2 rings (SSSR count). The van der Waals surface area contributed by atoms with Gasteiger partial charge < -0.3 is 10.5 Å². The van der Waals surface area contributed by atoms with Crippen LogP contribution in [0.25, 0.3) is 0 Å². The Labute approximate surface area is 108 Å². The molecule has 98 valence electrons. The smallest absolute Gasteiger partial charge is 0.227 e. The van der Waals surface area contributed by atoms with Crippen LogP contribution >= 0.6 is 0 Å². The number of benzene rings is 1. The van der Waals surface area contributed by atoms with Gasteiger partial charge in [0.05, 0.1) is 5.92 Å². The predicted molar refractivity (Wildman–Crippen MR) is 69.4 cm³/mol. The second-order valence-electron chi connectivity index (χ2n) is 4.87. The largest absolute Gasteiger partial charge is 0.353 e. The van der Waals surface area contributed by atoms with Gasteiger partial charge in [0, 0.05) is 19.1 Å². The van der Waals surface area contributed by atoms with E-state index in [4.69, 9.17) is 0 Å². The molecule has 4 nitrogen and oxygen atoms in total. The van der Waals surface area contributed by atoms with E-state index >= 15 is 0 Å². The molecule has 0 radical (unpaired) electrons. The van der Waals surface area contributed by atoms with Crippen LogP contribution in [-0.2, 0) is 4.79 Å². The molecule has 1 aliphatic rings. The van der Waals surface area contributed by atoms with Gasteiger partial charge in [0.25, 0.3) is 0 Å². The molecule has 0 aromatic heterocycles. The molecule has 0 spiro atoms. The van der Waals surface area contributed by atoms with Crippen LogP contribution in [0.5, 0.6) is 0 Å². The maximum atomic E-state index is 12.1. The number of carbonyl (C=O) groups is 1. The summed E-state index contributed by atoms with van der Waals surface area (Å²) in [6.07, 6.45) is 1.62. The van der Waals surface area contributed by atoms with Crippen molar-refractivity contribution < 1.29 is 10.0 Å². The van der Waals surface area contributed by atoms with Gasteiger partial charge in [0.2, 0.25) is 5.91 Å². The van der Waals surface area contributed by atoms with Crippen LogP contribution in [0.15, 0.2) is 30.3 Å². The highest BCUT2D eigenvalue weighted by molar-refractivity contribution is 5.83. The zero-order valence-electron chi connectivity index (χ0n) is 10.7. The molecule has 1 aromatic carbocycles. The van der Waals surface area contributed by atoms with Crippen molar-refractivity contribution in [3.05, 3.63) is 35.9 Å². The number of nitrogens with zero attached hydrogens (tertiary/aromatic N) is 1. The zero-order valence-corrected chi connectivity index (χ0v) is 10.7. The lowest BCUT2D eigenvalue weighted by Crippen LogP contribution is -2.44. The molecule has 1 atom stereocenters. The van der Waals surface area contributed by atoms with Crippen LogP contribution in [0, 0.1) is 0 Å². The quantitative estimate of drug-likeness (QED) is 0.857. The van der Waals surface area contributed by atoms with E-state index < -0.39 is 0 Å². The van der Waals surface area contributed by atoms with Gasteiger partial charge in [-0.3, -0.25) is 4.79 Å². The Balaban J connectivity index is 1.88. The normalized spacial score (nSPS) is 19.4. The molecule has 2 N–H and O–H groups in total. The van der Waals surface area contributed by atoms with Gasteiger partial charge >= 0.3 is 0 Å². The fourth-order valence-corrected chi connectivity index (χ4v) is 2.23. The van der Waals surface area contributed by atoms with Crippen LogP contribution in [-0.4, -0.2) is 35.3 Å². The van der Waals surface area contributed by atoms with E-state index in [2.05, 4.69) is 5.32 Å². The van der Waals surface area contributed by atoms with Gasteiger partial charge in [-0.2, -0.15) is 5.06 Å². The third-order valence-electron chi connectivity index (χ3n) is 3.51. The molecular weight excluding hydrogens is 228 g/mol. The molecule has 1 unspecified atom stereocenters. The molecule has 0 bridgehead atoms. The Morgan fingerprint density at radius 2 is 1.94 bits per heavy atom. The molecule has 1 aliphatic heterocycles. The lowest BCUT2D eigenvalue weighted by atomic mass is 9.99. The summed E-state index contributed by atoms with van der Waals surface area (Å²) in [6.45, 7) is 3.18. The number of nitrogens with one attached hydrogen (secondary N) is 1. The van der Waals surface area contributed by atoms with E-state index in [0.29, 0.717) is 13.1 Å². The van der Waals surface area contributed by atoms with Crippen molar-refractivity contribution in [1.29, 1.82) is 0 Å². The van der Waals surface area contributed by atoms with Gasteiger partial charge in [-0.05, 0) is 25.3 Å². The first-order valence-corrected chi connectivity index (χ1v) is 6.46. The Morgan fingerprint density at radius 3 is 2.56 bits per heavy atom. The highest BCUT2D eigenvalue weighted by Crippen LogP contribution is 2.16. The monoisotopic (exact) mass is 248 g/mol. The number of hydrogen-bond donors (Lipinski definition) is 2. The summed E-state index contributed by atoms with van der Waals surface area (Å²) in [5.41, 5.74) is 1.04. The summed E-state index contributed by atoms with van der Waals surface area (Å²) in [6, 6.07) is 9.98. The summed E-state index contributed by atoms with van der Waals surface area (Å²) in [7, 11) is 0. The highest BCUT2D eigenvalue weighted by Gasteiger charge is 2.22. The van der Waals surface area contributed by atoms with E-state index in [1.807, 2.05) is 37.3 Å².